The van der Waals surface area contributed by atoms with Crippen molar-refractivity contribution in [2.24, 2.45) is 5.41 Å². The lowest BCUT2D eigenvalue weighted by atomic mass is 10.4. The Kier molecular flexibility index (Phi) is 1.21. The van der Waals surface area contributed by atoms with Crippen LogP contribution < -0.4 is 0 Å². The molecule has 0 saturated heterocycles. The topological polar surface area (TPSA) is 0 Å². The summed E-state index contributed by atoms with van der Waals surface area (Å²) in [6, 6.07) is 0. The van der Waals surface area contributed by atoms with Gasteiger partial charge >= 0.3 is 0 Å². The van der Waals surface area contributed by atoms with E-state index in [1.165, 1.54) is 0 Å². The summed E-state index contributed by atoms with van der Waals surface area (Å²) in [5.41, 5.74) is 0.822. The molecule has 3 aliphatic rings. The number of hydrogen-bond acceptors (Lipinski definition) is 0. The Hall–Kier alpha value is 2.92. The smallest absolute Gasteiger partial charge is 0.0599 e. The number of halogens is 4. The zero-order valence-corrected chi connectivity index (χ0v) is 12.8. The van der Waals surface area contributed by atoms with Crippen molar-refractivity contribution >= 4 is 90.4 Å². The second-order valence-corrected chi connectivity index (χ2v) is 8.91. The van der Waals surface area contributed by atoms with Crippen molar-refractivity contribution in [3.8, 4) is 0 Å². The van der Waals surface area contributed by atoms with Crippen LogP contribution in [0.15, 0.2) is 0 Å². The first-order valence-corrected chi connectivity index (χ1v) is 7.37. The monoisotopic (exact) mass is 570 g/mol. The minimum atomic E-state index is 0.755. The number of alkyl halides is 4. The quantitative estimate of drug-likeness (QED) is 0.311. The summed E-state index contributed by atoms with van der Waals surface area (Å²) in [6.07, 6.45) is 0. The Morgan fingerprint density at radius 3 is 1.22 bits per heavy atom. The molecular weight excluding hydrogens is 568 g/mol. The molecule has 4 heteroatoms. The molecule has 1 spiro atoms. The third-order valence-electron chi connectivity index (χ3n) is 3.00. The number of rotatable bonds is 0. The molecule has 0 aromatic carbocycles. The lowest BCUT2D eigenvalue weighted by molar-refractivity contribution is 1.04. The maximum atomic E-state index is 2.67. The third kappa shape index (κ3) is 0.378. The lowest BCUT2D eigenvalue weighted by Crippen LogP contribution is -2.15. The molecule has 0 bridgehead atoms. The van der Waals surface area contributed by atoms with Crippen LogP contribution in [-0.4, -0.2) is 14.7 Å². The van der Waals surface area contributed by atoms with E-state index >= 15 is 0 Å². The first kappa shape index (κ1) is 7.34. The van der Waals surface area contributed by atoms with E-state index in [0.29, 0.717) is 0 Å². The molecule has 0 nitrogen and oxygen atoms in total. The van der Waals surface area contributed by atoms with Crippen molar-refractivity contribution in [3.05, 3.63) is 0 Å². The zero-order valence-electron chi connectivity index (χ0n) is 4.17. The molecule has 3 rings (SSSR count). The number of fused-ring (bicyclic) bond motifs is 1. The molecule has 0 aromatic heterocycles. The molecule has 0 aromatic rings. The van der Waals surface area contributed by atoms with E-state index < -0.39 is 0 Å². The van der Waals surface area contributed by atoms with Crippen molar-refractivity contribution in [2.45, 2.75) is 14.7 Å². The van der Waals surface area contributed by atoms with Gasteiger partial charge in [0.05, 0.1) is 6.84 Å². The van der Waals surface area contributed by atoms with Crippen LogP contribution in [0.2, 0.25) is 0 Å². The Morgan fingerprint density at radius 2 is 1.22 bits per heavy atom. The van der Waals surface area contributed by atoms with Crippen molar-refractivity contribution in [1.82, 2.24) is 0 Å². The summed E-state index contributed by atoms with van der Waals surface area (Å²) in [7, 11) is 0. The Morgan fingerprint density at radius 1 is 0.889 bits per heavy atom. The summed E-state index contributed by atoms with van der Waals surface area (Å²) < 4.78 is 3.51. The molecule has 4 atom stereocenters. The van der Waals surface area contributed by atoms with Gasteiger partial charge < -0.3 is 0 Å². The van der Waals surface area contributed by atoms with Gasteiger partial charge in [0.15, 0.2) is 0 Å². The summed E-state index contributed by atoms with van der Waals surface area (Å²) in [5, 5.41) is 0. The fourth-order valence-electron chi connectivity index (χ4n) is 2.12. The van der Waals surface area contributed by atoms with Gasteiger partial charge in [-0.2, -0.15) is 0 Å². The molecule has 3 fully saturated rings. The summed E-state index contributed by atoms with van der Waals surface area (Å²) in [4.78, 5) is 0. The standard InChI is InChI=1S/C5H2I4/c6-1-3-2(7)5(3,9)4(1,3)8/h1-2H. The van der Waals surface area contributed by atoms with Gasteiger partial charge in [0, 0.05) is 13.3 Å². The largest absolute Gasteiger partial charge is 0.0803 e. The molecule has 0 amide bonds. The summed E-state index contributed by atoms with van der Waals surface area (Å²) in [5.74, 6) is 0. The Bertz CT molecular complexity index is 203. The van der Waals surface area contributed by atoms with Gasteiger partial charge in [0.1, 0.15) is 0 Å². The maximum Gasteiger partial charge on any atom is 0.0599 e. The van der Waals surface area contributed by atoms with E-state index in [0.717, 1.165) is 20.1 Å². The van der Waals surface area contributed by atoms with Crippen LogP contribution in [0.4, 0.5) is 0 Å². The highest BCUT2D eigenvalue weighted by molar-refractivity contribution is 14.1. The highest BCUT2D eigenvalue weighted by atomic mass is 127. The average molecular weight is 570 g/mol. The molecule has 3 saturated carbocycles. The second-order valence-electron chi connectivity index (χ2n) is 3.02. The highest BCUT2D eigenvalue weighted by Gasteiger charge is 3.20. The SMILES string of the molecule is IC1C2(I)C3(I)C(I)C123. The van der Waals surface area contributed by atoms with E-state index in [1.807, 2.05) is 0 Å². The van der Waals surface area contributed by atoms with E-state index in [1.54, 1.807) is 0 Å². The van der Waals surface area contributed by atoms with Gasteiger partial charge in [0.25, 0.3) is 0 Å². The molecule has 3 aliphatic carbocycles. The van der Waals surface area contributed by atoms with Crippen LogP contribution in [0.25, 0.3) is 0 Å². The lowest BCUT2D eigenvalue weighted by Gasteiger charge is -2.07. The van der Waals surface area contributed by atoms with Gasteiger partial charge in [-0.25, -0.2) is 0 Å². The van der Waals surface area contributed by atoms with Crippen molar-refractivity contribution in [3.63, 3.8) is 0 Å². The van der Waals surface area contributed by atoms with Crippen molar-refractivity contribution in [2.75, 3.05) is 0 Å². The predicted molar refractivity (Wildman–Crippen MR) is 71.6 cm³/mol. The van der Waals surface area contributed by atoms with E-state index in [-0.39, 0.29) is 0 Å². The first-order chi connectivity index (χ1) is 4.06. The summed E-state index contributed by atoms with van der Waals surface area (Å²) >= 11 is 10.6. The molecule has 0 N–H and O–H groups in total. The van der Waals surface area contributed by atoms with Gasteiger partial charge in [-0.1, -0.05) is 90.4 Å². The zero-order chi connectivity index (χ0) is 6.65. The van der Waals surface area contributed by atoms with Gasteiger partial charge in [-0.3, -0.25) is 0 Å². The second kappa shape index (κ2) is 1.48. The van der Waals surface area contributed by atoms with Gasteiger partial charge in [0.2, 0.25) is 0 Å². The molecule has 0 radical (unpaired) electrons. The van der Waals surface area contributed by atoms with Crippen LogP contribution in [0.3, 0.4) is 0 Å². The first-order valence-electron chi connectivity index (χ1n) is 2.72. The Balaban J connectivity index is 2.10. The molecular formula is C5H2I4. The van der Waals surface area contributed by atoms with Crippen LogP contribution in [0, 0.1) is 5.41 Å². The molecule has 50 valence electrons. The third-order valence-corrected chi connectivity index (χ3v) is 15.0. The van der Waals surface area contributed by atoms with E-state index in [2.05, 4.69) is 90.4 Å². The fourth-order valence-corrected chi connectivity index (χ4v) is 15.3. The average Bonchev–Trinajstić information content (AvgIpc) is 2.61. The van der Waals surface area contributed by atoms with Crippen LogP contribution in [-0.2, 0) is 0 Å². The minimum absolute atomic E-state index is 0.755. The summed E-state index contributed by atoms with van der Waals surface area (Å²) in [6.45, 7) is 0. The van der Waals surface area contributed by atoms with Crippen molar-refractivity contribution < 1.29 is 0 Å². The molecule has 0 aliphatic heterocycles. The van der Waals surface area contributed by atoms with Gasteiger partial charge in [-0.05, 0) is 0 Å². The molecule has 4 unspecified atom stereocenters. The Labute approximate surface area is 108 Å². The van der Waals surface area contributed by atoms with Crippen LogP contribution in [0.5, 0.6) is 0 Å². The maximum absolute atomic E-state index is 2.67. The predicted octanol–water partition coefficient (Wildman–Crippen LogP) is 2.97. The highest BCUT2D eigenvalue weighted by Crippen LogP contribution is 3.11. The van der Waals surface area contributed by atoms with E-state index in [4.69, 9.17) is 0 Å². The van der Waals surface area contributed by atoms with Crippen LogP contribution in [0.1, 0.15) is 0 Å². The fraction of sp³-hybridized carbons (Fsp3) is 1.00. The molecule has 0 heterocycles. The van der Waals surface area contributed by atoms with E-state index in [9.17, 15) is 0 Å². The normalized spacial score (nSPS) is 89.3. The number of hydrogen-bond donors (Lipinski definition) is 0. The van der Waals surface area contributed by atoms with Crippen LogP contribution >= 0.6 is 90.4 Å². The molecule has 9 heavy (non-hydrogen) atoms. The van der Waals surface area contributed by atoms with Gasteiger partial charge in [-0.15, -0.1) is 0 Å². The minimum Gasteiger partial charge on any atom is -0.0803 e. The van der Waals surface area contributed by atoms with Crippen molar-refractivity contribution in [1.29, 1.82) is 0 Å².